The average Bonchev–Trinajstić information content (AvgIpc) is 1.94. The van der Waals surface area contributed by atoms with Crippen LogP contribution in [-0.4, -0.2) is 33.7 Å². The molecular formula is C9H17NO4. The molecule has 1 atom stereocenters. The Kier molecular flexibility index (Phi) is 4.56. The molecule has 0 aliphatic heterocycles. The zero-order valence-electron chi connectivity index (χ0n) is 8.70. The van der Waals surface area contributed by atoms with Gasteiger partial charge in [0.05, 0.1) is 0 Å². The number of carbonyl (C=O) groups is 2. The van der Waals surface area contributed by atoms with E-state index in [9.17, 15) is 9.59 Å². The summed E-state index contributed by atoms with van der Waals surface area (Å²) in [6.07, 6.45) is -0.0397. The maximum absolute atomic E-state index is 10.7. The first-order valence-corrected chi connectivity index (χ1v) is 4.44. The predicted molar refractivity (Wildman–Crippen MR) is 51.2 cm³/mol. The van der Waals surface area contributed by atoms with Crippen molar-refractivity contribution < 1.29 is 19.8 Å². The molecule has 0 rings (SSSR count). The van der Waals surface area contributed by atoms with E-state index in [-0.39, 0.29) is 18.4 Å². The zero-order valence-corrected chi connectivity index (χ0v) is 8.70. The number of carboxylic acid groups (broad SMARTS) is 2. The smallest absolute Gasteiger partial charge is 0.320 e. The van der Waals surface area contributed by atoms with E-state index < -0.39 is 18.0 Å². The lowest BCUT2D eigenvalue weighted by Crippen LogP contribution is -2.47. The molecule has 14 heavy (non-hydrogen) atoms. The van der Waals surface area contributed by atoms with Gasteiger partial charge < -0.3 is 10.2 Å². The summed E-state index contributed by atoms with van der Waals surface area (Å²) in [4.78, 5) is 21.0. The number of hydrogen-bond donors (Lipinski definition) is 3. The number of aliphatic carboxylic acids is 2. The molecule has 0 spiro atoms. The number of carboxylic acids is 2. The van der Waals surface area contributed by atoms with Crippen molar-refractivity contribution in [2.24, 2.45) is 0 Å². The summed E-state index contributed by atoms with van der Waals surface area (Å²) in [7, 11) is 0. The molecule has 5 heteroatoms. The average molecular weight is 203 g/mol. The van der Waals surface area contributed by atoms with Gasteiger partial charge in [-0.2, -0.15) is 0 Å². The predicted octanol–water partition coefficient (Wildman–Crippen LogP) is 0.692. The maximum Gasteiger partial charge on any atom is 0.320 e. The van der Waals surface area contributed by atoms with Crippen molar-refractivity contribution in [3.63, 3.8) is 0 Å². The van der Waals surface area contributed by atoms with Crippen LogP contribution in [0.15, 0.2) is 0 Å². The van der Waals surface area contributed by atoms with E-state index in [1.807, 2.05) is 20.8 Å². The fraction of sp³-hybridized carbons (Fsp3) is 0.778. The SMILES string of the molecule is CC(C)(C)N[C@@H](CCC(=O)O)C(=O)O. The van der Waals surface area contributed by atoms with Gasteiger partial charge in [0.2, 0.25) is 0 Å². The molecule has 3 N–H and O–H groups in total. The molecule has 0 fully saturated rings. The molecule has 5 nitrogen and oxygen atoms in total. The van der Waals surface area contributed by atoms with Gasteiger partial charge in [-0.25, -0.2) is 0 Å². The largest absolute Gasteiger partial charge is 0.481 e. The summed E-state index contributed by atoms with van der Waals surface area (Å²) in [6, 6.07) is -0.800. The van der Waals surface area contributed by atoms with Crippen molar-refractivity contribution in [3.8, 4) is 0 Å². The normalized spacial score (nSPS) is 13.6. The second kappa shape index (κ2) is 4.95. The van der Waals surface area contributed by atoms with Gasteiger partial charge in [0, 0.05) is 12.0 Å². The minimum Gasteiger partial charge on any atom is -0.481 e. The van der Waals surface area contributed by atoms with Crippen LogP contribution < -0.4 is 5.32 Å². The molecule has 0 aliphatic carbocycles. The molecule has 82 valence electrons. The van der Waals surface area contributed by atoms with E-state index in [2.05, 4.69) is 5.32 Å². The van der Waals surface area contributed by atoms with E-state index in [1.54, 1.807) is 0 Å². The Hall–Kier alpha value is -1.10. The summed E-state index contributed by atoms with van der Waals surface area (Å²) in [5.41, 5.74) is -0.332. The van der Waals surface area contributed by atoms with Crippen LogP contribution in [0.25, 0.3) is 0 Å². The van der Waals surface area contributed by atoms with Gasteiger partial charge in [0.15, 0.2) is 0 Å². The Bertz CT molecular complexity index is 219. The van der Waals surface area contributed by atoms with E-state index in [1.165, 1.54) is 0 Å². The zero-order chi connectivity index (χ0) is 11.4. The summed E-state index contributed by atoms with van der Waals surface area (Å²) in [5, 5.41) is 20.1. The minimum absolute atomic E-state index is 0.0991. The highest BCUT2D eigenvalue weighted by Crippen LogP contribution is 2.06. The molecule has 0 radical (unpaired) electrons. The summed E-state index contributed by atoms with van der Waals surface area (Å²) >= 11 is 0. The van der Waals surface area contributed by atoms with Crippen LogP contribution in [0.2, 0.25) is 0 Å². The molecule has 0 aromatic carbocycles. The number of nitrogens with one attached hydrogen (secondary N) is 1. The standard InChI is InChI=1S/C9H17NO4/c1-9(2,3)10-6(8(13)14)4-5-7(11)12/h6,10H,4-5H2,1-3H3,(H,11,12)(H,13,14)/t6-/m0/s1. The third-order valence-electron chi connectivity index (χ3n) is 1.55. The van der Waals surface area contributed by atoms with Gasteiger partial charge in [-0.1, -0.05) is 0 Å². The van der Waals surface area contributed by atoms with Gasteiger partial charge in [0.25, 0.3) is 0 Å². The van der Waals surface area contributed by atoms with Crippen molar-refractivity contribution in [2.45, 2.75) is 45.2 Å². The van der Waals surface area contributed by atoms with Crippen LogP contribution in [-0.2, 0) is 9.59 Å². The molecule has 0 aliphatic rings. The van der Waals surface area contributed by atoms with Crippen molar-refractivity contribution in [1.82, 2.24) is 5.32 Å². The molecule has 0 amide bonds. The lowest BCUT2D eigenvalue weighted by molar-refractivity contribution is -0.141. The fourth-order valence-electron chi connectivity index (χ4n) is 1.05. The van der Waals surface area contributed by atoms with Crippen LogP contribution in [0.3, 0.4) is 0 Å². The van der Waals surface area contributed by atoms with Crippen LogP contribution in [0.1, 0.15) is 33.6 Å². The van der Waals surface area contributed by atoms with Crippen LogP contribution in [0, 0.1) is 0 Å². The van der Waals surface area contributed by atoms with Crippen LogP contribution in [0.4, 0.5) is 0 Å². The Morgan fingerprint density at radius 1 is 1.29 bits per heavy atom. The maximum atomic E-state index is 10.7. The van der Waals surface area contributed by atoms with Gasteiger partial charge in [-0.15, -0.1) is 0 Å². The quantitative estimate of drug-likeness (QED) is 0.612. The Balaban J connectivity index is 4.17. The number of hydrogen-bond acceptors (Lipinski definition) is 3. The fourth-order valence-corrected chi connectivity index (χ4v) is 1.05. The minimum atomic E-state index is -1.01. The number of rotatable bonds is 5. The van der Waals surface area contributed by atoms with Gasteiger partial charge in [-0.05, 0) is 27.2 Å². The second-order valence-electron chi connectivity index (χ2n) is 4.22. The second-order valence-corrected chi connectivity index (χ2v) is 4.22. The van der Waals surface area contributed by atoms with E-state index in [4.69, 9.17) is 10.2 Å². The third kappa shape index (κ3) is 6.42. The summed E-state index contributed by atoms with van der Waals surface area (Å²) in [5.74, 6) is -1.99. The van der Waals surface area contributed by atoms with Gasteiger partial charge >= 0.3 is 11.9 Å². The van der Waals surface area contributed by atoms with E-state index in [0.29, 0.717) is 0 Å². The van der Waals surface area contributed by atoms with Crippen molar-refractivity contribution in [2.75, 3.05) is 0 Å². The Labute approximate surface area is 83.1 Å². The lowest BCUT2D eigenvalue weighted by atomic mass is 10.0. The van der Waals surface area contributed by atoms with Gasteiger partial charge in [-0.3, -0.25) is 14.9 Å². The highest BCUT2D eigenvalue weighted by Gasteiger charge is 2.23. The summed E-state index contributed by atoms with van der Waals surface area (Å²) in [6.45, 7) is 5.51. The monoisotopic (exact) mass is 203 g/mol. The first kappa shape index (κ1) is 12.9. The molecule has 0 aromatic heterocycles. The molecule has 0 bridgehead atoms. The third-order valence-corrected chi connectivity index (χ3v) is 1.55. The van der Waals surface area contributed by atoms with Crippen LogP contribution in [0.5, 0.6) is 0 Å². The topological polar surface area (TPSA) is 86.6 Å². The molecule has 0 aromatic rings. The van der Waals surface area contributed by atoms with Gasteiger partial charge in [0.1, 0.15) is 6.04 Å². The molecular weight excluding hydrogens is 186 g/mol. The molecule has 0 saturated heterocycles. The highest BCUT2D eigenvalue weighted by atomic mass is 16.4. The first-order chi connectivity index (χ1) is 6.22. The van der Waals surface area contributed by atoms with Crippen LogP contribution >= 0.6 is 0 Å². The first-order valence-electron chi connectivity index (χ1n) is 4.44. The lowest BCUT2D eigenvalue weighted by Gasteiger charge is -2.25. The van der Waals surface area contributed by atoms with Crippen molar-refractivity contribution in [1.29, 1.82) is 0 Å². The highest BCUT2D eigenvalue weighted by molar-refractivity contribution is 5.75. The molecule has 0 saturated carbocycles. The summed E-state index contributed by atoms with van der Waals surface area (Å²) < 4.78 is 0. The van der Waals surface area contributed by atoms with Crippen molar-refractivity contribution >= 4 is 11.9 Å². The Morgan fingerprint density at radius 3 is 2.07 bits per heavy atom. The van der Waals surface area contributed by atoms with Crippen molar-refractivity contribution in [3.05, 3.63) is 0 Å². The Morgan fingerprint density at radius 2 is 1.79 bits per heavy atom. The molecule has 0 unspecified atom stereocenters. The molecule has 0 heterocycles. The van der Waals surface area contributed by atoms with E-state index >= 15 is 0 Å². The van der Waals surface area contributed by atoms with E-state index in [0.717, 1.165) is 0 Å².